The van der Waals surface area contributed by atoms with E-state index >= 15 is 0 Å². The smallest absolute Gasteiger partial charge is 0.179 e. The largest absolute Gasteiger partial charge is 0.302 e. The van der Waals surface area contributed by atoms with E-state index in [0.717, 1.165) is 25.7 Å². The Bertz CT molecular complexity index is 220. The van der Waals surface area contributed by atoms with E-state index in [-0.39, 0.29) is 22.8 Å². The molecule has 0 aromatic rings. The molecule has 4 heteroatoms. The summed E-state index contributed by atoms with van der Waals surface area (Å²) in [7, 11) is 0. The van der Waals surface area contributed by atoms with Crippen LogP contribution in [0.2, 0.25) is 0 Å². The highest BCUT2D eigenvalue weighted by Crippen LogP contribution is 2.38. The Morgan fingerprint density at radius 2 is 1.46 bits per heavy atom. The van der Waals surface area contributed by atoms with Gasteiger partial charge in [-0.05, 0) is 25.7 Å². The Labute approximate surface area is 88.4 Å². The van der Waals surface area contributed by atoms with Crippen LogP contribution in [0.25, 0.3) is 0 Å². The van der Waals surface area contributed by atoms with Gasteiger partial charge < -0.3 is 4.90 Å². The van der Waals surface area contributed by atoms with Crippen molar-refractivity contribution in [2.75, 3.05) is 0 Å². The molecule has 2 bridgehead atoms. The van der Waals surface area contributed by atoms with Gasteiger partial charge in [-0.1, -0.05) is 0 Å². The summed E-state index contributed by atoms with van der Waals surface area (Å²) in [5.41, 5.74) is 0. The van der Waals surface area contributed by atoms with Gasteiger partial charge in [0.1, 0.15) is 0 Å². The lowest BCUT2D eigenvalue weighted by Gasteiger charge is -2.47. The highest BCUT2D eigenvalue weighted by Gasteiger charge is 2.42. The van der Waals surface area contributed by atoms with Crippen molar-refractivity contribution in [2.24, 2.45) is 0 Å². The van der Waals surface area contributed by atoms with Gasteiger partial charge in [0, 0.05) is 0 Å². The highest BCUT2D eigenvalue weighted by molar-refractivity contribution is 6.22. The van der Waals surface area contributed by atoms with Crippen molar-refractivity contribution in [1.82, 2.24) is 4.90 Å². The van der Waals surface area contributed by atoms with E-state index < -0.39 is 0 Å². The van der Waals surface area contributed by atoms with Crippen molar-refractivity contribution in [3.05, 3.63) is 0 Å². The van der Waals surface area contributed by atoms with E-state index in [1.165, 1.54) is 0 Å². The molecule has 13 heavy (non-hydrogen) atoms. The van der Waals surface area contributed by atoms with Gasteiger partial charge in [-0.25, -0.2) is 0 Å². The number of nitriles is 1. The van der Waals surface area contributed by atoms with Crippen molar-refractivity contribution in [3.63, 3.8) is 0 Å². The first kappa shape index (κ1) is 9.43. The molecule has 0 amide bonds. The molecule has 2 fully saturated rings. The lowest BCUT2D eigenvalue weighted by Crippen LogP contribution is -2.56. The number of halogens is 2. The predicted octanol–water partition coefficient (Wildman–Crippen LogP) is 2.31. The normalized spacial score (nSPS) is 44.2. The highest BCUT2D eigenvalue weighted by atomic mass is 35.5. The van der Waals surface area contributed by atoms with E-state index in [9.17, 15) is 0 Å². The second-order valence-corrected chi connectivity index (χ2v) is 4.95. The molecule has 0 aromatic carbocycles. The van der Waals surface area contributed by atoms with Crippen molar-refractivity contribution in [3.8, 4) is 6.19 Å². The average molecular weight is 219 g/mol. The molecular weight excluding hydrogens is 207 g/mol. The number of fused-ring (bicyclic) bond motifs is 2. The van der Waals surface area contributed by atoms with Crippen molar-refractivity contribution in [2.45, 2.75) is 48.5 Å². The summed E-state index contributed by atoms with van der Waals surface area (Å²) in [5, 5.41) is 9.27. The summed E-state index contributed by atoms with van der Waals surface area (Å²) in [6.07, 6.45) is 6.16. The van der Waals surface area contributed by atoms with Gasteiger partial charge in [0.25, 0.3) is 0 Å². The third kappa shape index (κ3) is 1.49. The lowest BCUT2D eigenvalue weighted by atomic mass is 9.84. The summed E-state index contributed by atoms with van der Waals surface area (Å²) >= 11 is 12.3. The number of rotatable bonds is 0. The van der Waals surface area contributed by atoms with Gasteiger partial charge in [0.05, 0.1) is 22.8 Å². The van der Waals surface area contributed by atoms with Crippen LogP contribution >= 0.6 is 23.2 Å². The van der Waals surface area contributed by atoms with Crippen molar-refractivity contribution < 1.29 is 0 Å². The molecule has 72 valence electrons. The Kier molecular flexibility index (Phi) is 2.58. The Morgan fingerprint density at radius 1 is 1.00 bits per heavy atom. The lowest BCUT2D eigenvalue weighted by molar-refractivity contribution is 0.104. The maximum absolute atomic E-state index is 8.99. The van der Waals surface area contributed by atoms with E-state index in [4.69, 9.17) is 28.5 Å². The average Bonchev–Trinajstić information content (AvgIpc) is 2.14. The first-order chi connectivity index (χ1) is 6.24. The maximum atomic E-state index is 8.99. The van der Waals surface area contributed by atoms with Crippen LogP contribution < -0.4 is 0 Å². The van der Waals surface area contributed by atoms with Gasteiger partial charge in [0.15, 0.2) is 6.19 Å². The molecule has 0 unspecified atom stereocenters. The molecule has 2 nitrogen and oxygen atoms in total. The molecular formula is C9H12Cl2N2. The first-order valence-corrected chi connectivity index (χ1v) is 5.57. The molecule has 0 aliphatic carbocycles. The molecule has 2 aliphatic rings. The standard InChI is InChI=1S/C9H12Cl2N2/c10-6-1-3-8-7(11)2-4-9(6)13(8)5-12/h6-9H,1-4H2/t6-,7-,8-,9-/m1/s1. The van der Waals surface area contributed by atoms with Crippen LogP contribution in [-0.4, -0.2) is 27.7 Å². The first-order valence-electron chi connectivity index (χ1n) is 4.70. The van der Waals surface area contributed by atoms with Crippen LogP contribution in [0, 0.1) is 11.5 Å². The number of nitrogens with zero attached hydrogens (tertiary/aromatic N) is 2. The topological polar surface area (TPSA) is 27.0 Å². The molecule has 2 saturated heterocycles. The third-order valence-electron chi connectivity index (χ3n) is 3.14. The van der Waals surface area contributed by atoms with E-state index in [1.54, 1.807) is 0 Å². The Morgan fingerprint density at radius 3 is 1.85 bits per heavy atom. The molecule has 2 rings (SSSR count). The van der Waals surface area contributed by atoms with Gasteiger partial charge in [-0.3, -0.25) is 0 Å². The molecule has 2 heterocycles. The minimum atomic E-state index is 0.139. The summed E-state index contributed by atoms with van der Waals surface area (Å²) < 4.78 is 0. The van der Waals surface area contributed by atoms with Crippen LogP contribution in [0.3, 0.4) is 0 Å². The van der Waals surface area contributed by atoms with Crippen LogP contribution in [0.5, 0.6) is 0 Å². The summed E-state index contributed by atoms with van der Waals surface area (Å²) in [6.45, 7) is 0. The quantitative estimate of drug-likeness (QED) is 0.461. The Balaban J connectivity index is 2.20. The summed E-state index contributed by atoms with van der Waals surface area (Å²) in [4.78, 5) is 1.82. The number of hydrogen-bond donors (Lipinski definition) is 0. The fourth-order valence-electron chi connectivity index (χ4n) is 2.43. The third-order valence-corrected chi connectivity index (χ3v) is 4.16. The van der Waals surface area contributed by atoms with E-state index in [1.807, 2.05) is 4.90 Å². The summed E-state index contributed by atoms with van der Waals surface area (Å²) in [5.74, 6) is 0. The van der Waals surface area contributed by atoms with Crippen LogP contribution in [0.4, 0.5) is 0 Å². The molecule has 0 saturated carbocycles. The Hall–Kier alpha value is -0.130. The minimum Gasteiger partial charge on any atom is -0.302 e. The maximum Gasteiger partial charge on any atom is 0.179 e. The molecule has 4 atom stereocenters. The fourth-order valence-corrected chi connectivity index (χ4v) is 3.17. The zero-order valence-electron chi connectivity index (χ0n) is 7.29. The molecule has 0 radical (unpaired) electrons. The van der Waals surface area contributed by atoms with Crippen LogP contribution in [-0.2, 0) is 0 Å². The number of piperidine rings is 2. The number of alkyl halides is 2. The van der Waals surface area contributed by atoms with E-state index in [0.29, 0.717) is 0 Å². The summed E-state index contributed by atoms with van der Waals surface area (Å²) in [6, 6.07) is 0.473. The zero-order valence-corrected chi connectivity index (χ0v) is 8.80. The molecule has 0 N–H and O–H groups in total. The number of hydrogen-bond acceptors (Lipinski definition) is 2. The molecule has 0 spiro atoms. The van der Waals surface area contributed by atoms with Crippen molar-refractivity contribution >= 4 is 23.2 Å². The second-order valence-electron chi connectivity index (χ2n) is 3.83. The van der Waals surface area contributed by atoms with Gasteiger partial charge >= 0.3 is 0 Å². The van der Waals surface area contributed by atoms with E-state index in [2.05, 4.69) is 6.19 Å². The fraction of sp³-hybridized carbons (Fsp3) is 0.889. The molecule has 2 aliphatic heterocycles. The van der Waals surface area contributed by atoms with Crippen LogP contribution in [0.15, 0.2) is 0 Å². The predicted molar refractivity (Wildman–Crippen MR) is 52.8 cm³/mol. The van der Waals surface area contributed by atoms with Crippen molar-refractivity contribution in [1.29, 1.82) is 5.26 Å². The molecule has 0 aromatic heterocycles. The minimum absolute atomic E-state index is 0.139. The van der Waals surface area contributed by atoms with Gasteiger partial charge in [0.2, 0.25) is 0 Å². The van der Waals surface area contributed by atoms with Gasteiger partial charge in [-0.2, -0.15) is 5.26 Å². The van der Waals surface area contributed by atoms with Crippen LogP contribution in [0.1, 0.15) is 25.7 Å². The zero-order chi connectivity index (χ0) is 9.42. The van der Waals surface area contributed by atoms with Gasteiger partial charge in [-0.15, -0.1) is 23.2 Å². The monoisotopic (exact) mass is 218 g/mol. The second kappa shape index (κ2) is 3.55. The SMILES string of the molecule is N#CN1[C@@H]2CC[C@@H](Cl)[C@H]1CC[C@H]2Cl.